The van der Waals surface area contributed by atoms with Gasteiger partial charge in [-0.05, 0) is 49.4 Å². The smallest absolute Gasteiger partial charge is 0.234 e. The van der Waals surface area contributed by atoms with Crippen LogP contribution in [-0.2, 0) is 4.79 Å². The van der Waals surface area contributed by atoms with Gasteiger partial charge in [0, 0.05) is 16.3 Å². The molecule has 164 valence electrons. The molecule has 0 bridgehead atoms. The number of anilines is 1. The van der Waals surface area contributed by atoms with Crippen molar-refractivity contribution in [2.75, 3.05) is 23.5 Å². The normalized spacial score (nSPS) is 10.8. The number of carbonyl (C=O) groups is 1. The van der Waals surface area contributed by atoms with E-state index in [1.807, 2.05) is 25.1 Å². The number of nitrogens with two attached hydrogens (primary N) is 1. The van der Waals surface area contributed by atoms with E-state index >= 15 is 0 Å². The highest BCUT2D eigenvalue weighted by Gasteiger charge is 2.16. The molecular weight excluding hydrogens is 450 g/mol. The van der Waals surface area contributed by atoms with Gasteiger partial charge in [0.25, 0.3) is 0 Å². The van der Waals surface area contributed by atoms with E-state index in [4.69, 9.17) is 22.2 Å². The summed E-state index contributed by atoms with van der Waals surface area (Å²) in [6.07, 6.45) is 0. The number of halogens is 1. The average Bonchev–Trinajstić information content (AvgIpc) is 3.41. The Morgan fingerprint density at radius 2 is 1.94 bits per heavy atom. The quantitative estimate of drug-likeness (QED) is 0.264. The minimum absolute atomic E-state index is 0.127. The Labute approximate surface area is 193 Å². The van der Waals surface area contributed by atoms with Gasteiger partial charge in [0.05, 0.1) is 18.1 Å². The molecule has 1 amide bonds. The number of aromatic amines is 1. The molecular formula is C21H20ClN7O2S. The molecule has 4 aromatic rings. The summed E-state index contributed by atoms with van der Waals surface area (Å²) >= 11 is 7.12. The summed E-state index contributed by atoms with van der Waals surface area (Å²) in [7, 11) is 0. The summed E-state index contributed by atoms with van der Waals surface area (Å²) in [6, 6.07) is 16.3. The lowest BCUT2D eigenvalue weighted by atomic mass is 10.1. The zero-order valence-corrected chi connectivity index (χ0v) is 18.7. The topological polar surface area (TPSA) is 124 Å². The van der Waals surface area contributed by atoms with Crippen molar-refractivity contribution in [2.24, 2.45) is 0 Å². The van der Waals surface area contributed by atoms with Crippen molar-refractivity contribution < 1.29 is 9.53 Å². The minimum atomic E-state index is -0.185. The number of benzene rings is 2. The number of thioether (sulfide) groups is 1. The Morgan fingerprint density at radius 3 is 2.66 bits per heavy atom. The molecule has 0 fully saturated rings. The summed E-state index contributed by atoms with van der Waals surface area (Å²) in [6.45, 7) is 2.50. The van der Waals surface area contributed by atoms with Crippen LogP contribution >= 0.6 is 23.4 Å². The maximum Gasteiger partial charge on any atom is 0.234 e. The molecule has 0 saturated heterocycles. The van der Waals surface area contributed by atoms with Crippen molar-refractivity contribution in [3.05, 3.63) is 59.6 Å². The van der Waals surface area contributed by atoms with E-state index in [2.05, 4.69) is 25.7 Å². The maximum atomic E-state index is 12.3. The number of rotatable bonds is 8. The molecule has 0 atom stereocenters. The summed E-state index contributed by atoms with van der Waals surface area (Å²) in [4.78, 5) is 12.3. The van der Waals surface area contributed by atoms with Crippen LogP contribution in [0.2, 0.25) is 5.02 Å². The lowest BCUT2D eigenvalue weighted by molar-refractivity contribution is -0.113. The highest BCUT2D eigenvalue weighted by molar-refractivity contribution is 7.99. The van der Waals surface area contributed by atoms with Crippen LogP contribution in [0.3, 0.4) is 0 Å². The number of nitrogen functional groups attached to an aromatic ring is 1. The largest absolute Gasteiger partial charge is 0.494 e. The van der Waals surface area contributed by atoms with Crippen molar-refractivity contribution in [3.8, 4) is 28.5 Å². The number of hydrogen-bond acceptors (Lipinski definition) is 7. The SMILES string of the molecule is CCOc1ccc(NC(=O)CSc2nnc(-c3cc(-c4ccc(Cl)cc4)n[nH]3)n2N)cc1. The van der Waals surface area contributed by atoms with Crippen LogP contribution in [0, 0.1) is 0 Å². The van der Waals surface area contributed by atoms with E-state index < -0.39 is 0 Å². The molecule has 0 aliphatic carbocycles. The van der Waals surface area contributed by atoms with Crippen molar-refractivity contribution >= 4 is 35.0 Å². The number of nitrogens with zero attached hydrogens (tertiary/aromatic N) is 4. The van der Waals surface area contributed by atoms with E-state index in [0.29, 0.717) is 34.0 Å². The maximum absolute atomic E-state index is 12.3. The van der Waals surface area contributed by atoms with Gasteiger partial charge in [0.2, 0.25) is 16.9 Å². The van der Waals surface area contributed by atoms with Crippen molar-refractivity contribution in [1.29, 1.82) is 0 Å². The van der Waals surface area contributed by atoms with Crippen LogP contribution in [0.5, 0.6) is 5.75 Å². The predicted molar refractivity (Wildman–Crippen MR) is 125 cm³/mol. The third kappa shape index (κ3) is 5.04. The van der Waals surface area contributed by atoms with Gasteiger partial charge >= 0.3 is 0 Å². The van der Waals surface area contributed by atoms with E-state index in [9.17, 15) is 4.79 Å². The summed E-state index contributed by atoms with van der Waals surface area (Å²) in [5.74, 6) is 7.25. The number of nitrogens with one attached hydrogen (secondary N) is 2. The second-order valence-electron chi connectivity index (χ2n) is 6.64. The Morgan fingerprint density at radius 1 is 1.19 bits per heavy atom. The molecule has 0 aliphatic heterocycles. The Hall–Kier alpha value is -3.50. The lowest BCUT2D eigenvalue weighted by Gasteiger charge is -2.07. The van der Waals surface area contributed by atoms with E-state index in [1.165, 1.54) is 16.4 Å². The molecule has 2 heterocycles. The van der Waals surface area contributed by atoms with Gasteiger partial charge < -0.3 is 15.9 Å². The van der Waals surface area contributed by atoms with Gasteiger partial charge in [-0.3, -0.25) is 9.89 Å². The zero-order valence-electron chi connectivity index (χ0n) is 17.1. The molecule has 0 saturated carbocycles. The highest BCUT2D eigenvalue weighted by Crippen LogP contribution is 2.25. The van der Waals surface area contributed by atoms with Crippen LogP contribution in [0.25, 0.3) is 22.8 Å². The first-order valence-corrected chi connectivity index (χ1v) is 11.1. The van der Waals surface area contributed by atoms with Crippen LogP contribution in [-0.4, -0.2) is 43.3 Å². The van der Waals surface area contributed by atoms with Gasteiger partial charge in [-0.15, -0.1) is 10.2 Å². The molecule has 0 spiro atoms. The molecule has 0 aliphatic rings. The van der Waals surface area contributed by atoms with Crippen molar-refractivity contribution in [1.82, 2.24) is 25.1 Å². The Balaban J connectivity index is 1.38. The summed E-state index contributed by atoms with van der Waals surface area (Å²) < 4.78 is 6.72. The summed E-state index contributed by atoms with van der Waals surface area (Å²) in [5, 5.41) is 19.3. The first kappa shape index (κ1) is 21.7. The van der Waals surface area contributed by atoms with Crippen LogP contribution in [0.4, 0.5) is 5.69 Å². The standard InChI is InChI=1S/C21H20ClN7O2S/c1-2-31-16-9-7-15(8-10-16)24-19(30)12-32-21-28-27-20(29(21)23)18-11-17(25-26-18)13-3-5-14(22)6-4-13/h3-11H,2,12,23H2,1H3,(H,24,30)(H,25,26). The van der Waals surface area contributed by atoms with Gasteiger partial charge in [-0.2, -0.15) is 5.10 Å². The van der Waals surface area contributed by atoms with Gasteiger partial charge in [0.15, 0.2) is 0 Å². The fourth-order valence-electron chi connectivity index (χ4n) is 2.89. The number of aromatic nitrogens is 5. The van der Waals surface area contributed by atoms with Gasteiger partial charge in [0.1, 0.15) is 11.4 Å². The molecule has 4 rings (SSSR count). The number of H-pyrrole nitrogens is 1. The molecule has 0 unspecified atom stereocenters. The molecule has 0 radical (unpaired) electrons. The average molecular weight is 470 g/mol. The number of amides is 1. The minimum Gasteiger partial charge on any atom is -0.494 e. The molecule has 2 aromatic heterocycles. The molecule has 11 heteroatoms. The first-order chi connectivity index (χ1) is 15.5. The zero-order chi connectivity index (χ0) is 22.5. The van der Waals surface area contributed by atoms with Crippen LogP contribution in [0.1, 0.15) is 6.92 Å². The number of ether oxygens (including phenoxy) is 1. The van der Waals surface area contributed by atoms with E-state index in [1.54, 1.807) is 36.4 Å². The van der Waals surface area contributed by atoms with Crippen molar-refractivity contribution in [2.45, 2.75) is 12.1 Å². The third-order valence-corrected chi connectivity index (χ3v) is 5.60. The predicted octanol–water partition coefficient (Wildman–Crippen LogP) is 3.83. The molecule has 2 aromatic carbocycles. The first-order valence-electron chi connectivity index (χ1n) is 9.71. The van der Waals surface area contributed by atoms with E-state index in [-0.39, 0.29) is 11.7 Å². The van der Waals surface area contributed by atoms with Crippen LogP contribution < -0.4 is 15.9 Å². The van der Waals surface area contributed by atoms with Crippen molar-refractivity contribution in [3.63, 3.8) is 0 Å². The second-order valence-corrected chi connectivity index (χ2v) is 8.02. The summed E-state index contributed by atoms with van der Waals surface area (Å²) in [5.41, 5.74) is 2.92. The highest BCUT2D eigenvalue weighted by atomic mass is 35.5. The monoisotopic (exact) mass is 469 g/mol. The van der Waals surface area contributed by atoms with Gasteiger partial charge in [-0.25, -0.2) is 4.68 Å². The Bertz CT molecular complexity index is 1210. The number of hydrogen-bond donors (Lipinski definition) is 3. The second kappa shape index (κ2) is 9.75. The lowest BCUT2D eigenvalue weighted by Crippen LogP contribution is -2.16. The molecule has 9 nitrogen and oxygen atoms in total. The molecule has 4 N–H and O–H groups in total. The Kier molecular flexibility index (Phi) is 6.62. The van der Waals surface area contributed by atoms with E-state index in [0.717, 1.165) is 17.0 Å². The molecule has 32 heavy (non-hydrogen) atoms. The third-order valence-electron chi connectivity index (χ3n) is 4.40. The fourth-order valence-corrected chi connectivity index (χ4v) is 3.67. The van der Waals surface area contributed by atoms with Crippen LogP contribution in [0.15, 0.2) is 59.8 Å². The number of carbonyl (C=O) groups excluding carboxylic acids is 1. The fraction of sp³-hybridized carbons (Fsp3) is 0.143. The van der Waals surface area contributed by atoms with Gasteiger partial charge in [-0.1, -0.05) is 35.5 Å².